The summed E-state index contributed by atoms with van der Waals surface area (Å²) in [6.45, 7) is 1.98. The van der Waals surface area contributed by atoms with Crippen molar-refractivity contribution in [2.75, 3.05) is 9.36 Å². The second-order valence-electron chi connectivity index (χ2n) is 1.89. The SMILES string of the molecule is C[I-]C[C@@H](C)[C@@H](N)O. The van der Waals surface area contributed by atoms with E-state index in [0.29, 0.717) is 27.1 Å². The monoisotopic (exact) mass is 230 g/mol. The van der Waals surface area contributed by atoms with E-state index in [1.807, 2.05) is 6.92 Å². The molecule has 0 saturated carbocycles. The van der Waals surface area contributed by atoms with E-state index < -0.39 is 6.23 Å². The van der Waals surface area contributed by atoms with Crippen LogP contribution in [0.5, 0.6) is 0 Å². The van der Waals surface area contributed by atoms with Crippen LogP contribution in [0.1, 0.15) is 6.92 Å². The fraction of sp³-hybridized carbons (Fsp3) is 1.00. The maximum absolute atomic E-state index is 8.75. The second kappa shape index (κ2) is 4.52. The number of aliphatic hydroxyl groups is 1. The molecule has 0 aromatic heterocycles. The third-order valence-electron chi connectivity index (χ3n) is 0.981. The summed E-state index contributed by atoms with van der Waals surface area (Å²) in [5, 5.41) is 8.75. The molecule has 0 heterocycles. The van der Waals surface area contributed by atoms with Crippen LogP contribution in [0.2, 0.25) is 0 Å². The Kier molecular flexibility index (Phi) is 4.89. The number of halogens is 1. The van der Waals surface area contributed by atoms with E-state index in [-0.39, 0.29) is 0 Å². The number of rotatable bonds is 3. The molecular formula is C5H13INO-. The first-order chi connectivity index (χ1) is 3.68. The summed E-state index contributed by atoms with van der Waals surface area (Å²) < 4.78 is 1.12. The summed E-state index contributed by atoms with van der Waals surface area (Å²) >= 11 is 0.294. The molecule has 0 radical (unpaired) electrons. The Balaban J connectivity index is 3.17. The van der Waals surface area contributed by atoms with Crippen molar-refractivity contribution >= 4 is 0 Å². The summed E-state index contributed by atoms with van der Waals surface area (Å²) in [6.07, 6.45) is -0.602. The van der Waals surface area contributed by atoms with Gasteiger partial charge < -0.3 is 0 Å². The van der Waals surface area contributed by atoms with Gasteiger partial charge in [0.05, 0.1) is 0 Å². The molecule has 0 aromatic rings. The molecule has 0 bridgehead atoms. The molecule has 0 aromatic carbocycles. The molecular weight excluding hydrogens is 217 g/mol. The molecule has 0 aliphatic carbocycles. The van der Waals surface area contributed by atoms with Gasteiger partial charge in [0.15, 0.2) is 0 Å². The van der Waals surface area contributed by atoms with E-state index in [1.165, 1.54) is 0 Å². The second-order valence-corrected chi connectivity index (χ2v) is 4.30. The Morgan fingerprint density at radius 2 is 2.25 bits per heavy atom. The maximum atomic E-state index is 8.75. The first-order valence-electron chi connectivity index (χ1n) is 2.56. The van der Waals surface area contributed by atoms with Crippen molar-refractivity contribution in [3.8, 4) is 0 Å². The zero-order valence-electron chi connectivity index (χ0n) is 5.26. The van der Waals surface area contributed by atoms with Crippen LogP contribution in [0.15, 0.2) is 0 Å². The predicted molar refractivity (Wildman–Crippen MR) is 30.1 cm³/mol. The van der Waals surface area contributed by atoms with E-state index in [2.05, 4.69) is 4.93 Å². The van der Waals surface area contributed by atoms with Crippen LogP contribution < -0.4 is 26.9 Å². The van der Waals surface area contributed by atoms with Crippen molar-refractivity contribution in [2.24, 2.45) is 11.7 Å². The Morgan fingerprint density at radius 1 is 1.75 bits per heavy atom. The van der Waals surface area contributed by atoms with Crippen LogP contribution >= 0.6 is 0 Å². The summed E-state index contributed by atoms with van der Waals surface area (Å²) in [6, 6.07) is 0. The molecule has 0 spiro atoms. The molecule has 0 amide bonds. The minimum absolute atomic E-state index is 0.294. The van der Waals surface area contributed by atoms with Crippen LogP contribution in [-0.4, -0.2) is 20.7 Å². The average Bonchev–Trinajstić information content (AvgIpc) is 1.67. The third kappa shape index (κ3) is 3.63. The van der Waals surface area contributed by atoms with Gasteiger partial charge in [-0.1, -0.05) is 0 Å². The van der Waals surface area contributed by atoms with Gasteiger partial charge in [-0.3, -0.25) is 0 Å². The zero-order chi connectivity index (χ0) is 6.57. The Bertz CT molecular complexity index is 58.4. The van der Waals surface area contributed by atoms with E-state index in [4.69, 9.17) is 10.8 Å². The zero-order valence-corrected chi connectivity index (χ0v) is 7.42. The predicted octanol–water partition coefficient (Wildman–Crippen LogP) is -3.38. The molecule has 0 rings (SSSR count). The quantitative estimate of drug-likeness (QED) is 0.302. The van der Waals surface area contributed by atoms with Crippen molar-refractivity contribution in [1.29, 1.82) is 0 Å². The molecule has 3 heteroatoms. The summed E-state index contributed by atoms with van der Waals surface area (Å²) in [5.74, 6) is 0.299. The van der Waals surface area contributed by atoms with Gasteiger partial charge in [0.25, 0.3) is 0 Å². The summed E-state index contributed by atoms with van der Waals surface area (Å²) in [4.78, 5) is 2.19. The van der Waals surface area contributed by atoms with E-state index in [1.54, 1.807) is 0 Å². The molecule has 8 heavy (non-hydrogen) atoms. The fourth-order valence-electron chi connectivity index (χ4n) is 0.335. The first kappa shape index (κ1) is 8.65. The van der Waals surface area contributed by atoms with Crippen LogP contribution in [0.25, 0.3) is 0 Å². The van der Waals surface area contributed by atoms with Gasteiger partial charge in [-0.05, 0) is 0 Å². The number of nitrogens with two attached hydrogens (primary N) is 1. The molecule has 0 aliphatic heterocycles. The van der Waals surface area contributed by atoms with Crippen LogP contribution in [0.4, 0.5) is 0 Å². The standard InChI is InChI=1S/C5H13INO/c1-4(3-6-2)5(7)8/h4-5,8H,3,7H2,1-2H3/q-1/t4-,5+/m1/s1. The van der Waals surface area contributed by atoms with E-state index in [0.717, 1.165) is 4.43 Å². The Hall–Kier alpha value is 0.650. The number of hydrogen-bond donors (Lipinski definition) is 2. The molecule has 2 atom stereocenters. The van der Waals surface area contributed by atoms with Crippen LogP contribution in [0.3, 0.4) is 0 Å². The average molecular weight is 230 g/mol. The number of aliphatic hydroxyl groups excluding tert-OH is 1. The van der Waals surface area contributed by atoms with Gasteiger partial charge in [-0.15, -0.1) is 0 Å². The molecule has 2 nitrogen and oxygen atoms in total. The van der Waals surface area contributed by atoms with E-state index >= 15 is 0 Å². The third-order valence-corrected chi connectivity index (χ3v) is 3.25. The van der Waals surface area contributed by atoms with Gasteiger partial charge in [-0.25, -0.2) is 0 Å². The molecule has 0 fully saturated rings. The van der Waals surface area contributed by atoms with Gasteiger partial charge in [0.2, 0.25) is 0 Å². The van der Waals surface area contributed by atoms with Gasteiger partial charge >= 0.3 is 60.5 Å². The van der Waals surface area contributed by atoms with Gasteiger partial charge in [0, 0.05) is 0 Å². The Morgan fingerprint density at radius 3 is 2.38 bits per heavy atom. The van der Waals surface area contributed by atoms with Crippen molar-refractivity contribution in [1.82, 2.24) is 0 Å². The molecule has 0 unspecified atom stereocenters. The molecule has 0 saturated heterocycles. The molecule has 52 valence electrons. The summed E-state index contributed by atoms with van der Waals surface area (Å²) in [7, 11) is 0. The number of hydrogen-bond acceptors (Lipinski definition) is 2. The van der Waals surface area contributed by atoms with Crippen molar-refractivity contribution in [2.45, 2.75) is 13.2 Å². The normalized spacial score (nSPS) is 18.5. The number of alkyl halides is 2. The van der Waals surface area contributed by atoms with Gasteiger partial charge in [0.1, 0.15) is 0 Å². The van der Waals surface area contributed by atoms with Crippen LogP contribution in [-0.2, 0) is 0 Å². The van der Waals surface area contributed by atoms with Gasteiger partial charge in [-0.2, -0.15) is 0 Å². The molecule has 3 N–H and O–H groups in total. The minimum atomic E-state index is -0.602. The van der Waals surface area contributed by atoms with Crippen molar-refractivity contribution in [3.05, 3.63) is 0 Å². The summed E-state index contributed by atoms with van der Waals surface area (Å²) in [5.41, 5.74) is 5.20. The first-order valence-corrected chi connectivity index (χ1v) is 6.24. The fourth-order valence-corrected chi connectivity index (χ4v) is 2.25. The van der Waals surface area contributed by atoms with Crippen molar-refractivity contribution < 1.29 is 26.3 Å². The Labute approximate surface area is 60.7 Å². The topological polar surface area (TPSA) is 46.2 Å². The molecule has 0 aliphatic rings. The van der Waals surface area contributed by atoms with E-state index in [9.17, 15) is 0 Å². The van der Waals surface area contributed by atoms with Crippen LogP contribution in [0, 0.1) is 5.92 Å². The van der Waals surface area contributed by atoms with Crippen molar-refractivity contribution in [3.63, 3.8) is 0 Å².